The molecule has 33 heavy (non-hydrogen) atoms. The van der Waals surface area contributed by atoms with Crippen LogP contribution in [0.3, 0.4) is 0 Å². The third kappa shape index (κ3) is 6.23. The first-order valence-corrected chi connectivity index (χ1v) is 11.2. The molecule has 0 fully saturated rings. The second kappa shape index (κ2) is 11.3. The summed E-state index contributed by atoms with van der Waals surface area (Å²) in [7, 11) is 0. The summed E-state index contributed by atoms with van der Waals surface area (Å²) >= 11 is 5.67. The summed E-state index contributed by atoms with van der Waals surface area (Å²) in [5, 5.41) is 16.6. The molecule has 1 amide bonds. The Morgan fingerprint density at radius 3 is 2.88 bits per heavy atom. The SMILES string of the molecule is O=C(C=Cc1ccc(OCCCCCCl)cc1)Nc1cccc2c1OC(c1nn[nH]n1)CO2. The van der Waals surface area contributed by atoms with Crippen LogP contribution in [0.15, 0.2) is 48.5 Å². The van der Waals surface area contributed by atoms with Crippen molar-refractivity contribution in [3.05, 3.63) is 59.9 Å². The number of hydrogen-bond acceptors (Lipinski definition) is 7. The zero-order valence-electron chi connectivity index (χ0n) is 17.9. The Morgan fingerprint density at radius 1 is 1.21 bits per heavy atom. The predicted molar refractivity (Wildman–Crippen MR) is 124 cm³/mol. The van der Waals surface area contributed by atoms with Gasteiger partial charge in [-0.3, -0.25) is 4.79 Å². The number of carbonyl (C=O) groups excluding carboxylic acids is 1. The van der Waals surface area contributed by atoms with Crippen molar-refractivity contribution in [2.75, 3.05) is 24.4 Å². The molecule has 3 aromatic rings. The lowest BCUT2D eigenvalue weighted by Crippen LogP contribution is -2.24. The number of H-pyrrole nitrogens is 1. The number of halogens is 1. The topological polar surface area (TPSA) is 111 Å². The Kier molecular flexibility index (Phi) is 7.76. The van der Waals surface area contributed by atoms with Gasteiger partial charge < -0.3 is 19.5 Å². The first-order chi connectivity index (χ1) is 16.2. The van der Waals surface area contributed by atoms with Crippen LogP contribution in [-0.4, -0.2) is 45.6 Å². The monoisotopic (exact) mass is 469 g/mol. The van der Waals surface area contributed by atoms with Crippen molar-refractivity contribution in [2.24, 2.45) is 0 Å². The molecule has 9 nitrogen and oxygen atoms in total. The van der Waals surface area contributed by atoms with Crippen molar-refractivity contribution in [3.63, 3.8) is 0 Å². The molecule has 2 heterocycles. The molecule has 2 aromatic carbocycles. The van der Waals surface area contributed by atoms with Gasteiger partial charge in [0.05, 0.1) is 12.3 Å². The smallest absolute Gasteiger partial charge is 0.248 e. The maximum Gasteiger partial charge on any atom is 0.248 e. The van der Waals surface area contributed by atoms with Crippen LogP contribution in [0.1, 0.15) is 36.8 Å². The highest BCUT2D eigenvalue weighted by Gasteiger charge is 2.28. The summed E-state index contributed by atoms with van der Waals surface area (Å²) in [4.78, 5) is 12.5. The molecule has 2 N–H and O–H groups in total. The van der Waals surface area contributed by atoms with E-state index in [1.54, 1.807) is 24.3 Å². The molecule has 0 radical (unpaired) electrons. The van der Waals surface area contributed by atoms with E-state index >= 15 is 0 Å². The molecule has 10 heteroatoms. The molecule has 0 saturated heterocycles. The van der Waals surface area contributed by atoms with Gasteiger partial charge in [-0.2, -0.15) is 5.21 Å². The zero-order chi connectivity index (χ0) is 22.9. The number of benzene rings is 2. The van der Waals surface area contributed by atoms with Crippen LogP contribution < -0.4 is 19.5 Å². The Hall–Kier alpha value is -3.59. The minimum Gasteiger partial charge on any atom is -0.494 e. The number of ether oxygens (including phenoxy) is 3. The number of aromatic amines is 1. The van der Waals surface area contributed by atoms with Crippen LogP contribution in [0, 0.1) is 0 Å². The van der Waals surface area contributed by atoms with Crippen molar-refractivity contribution < 1.29 is 19.0 Å². The van der Waals surface area contributed by atoms with E-state index in [2.05, 4.69) is 25.9 Å². The van der Waals surface area contributed by atoms with E-state index in [-0.39, 0.29) is 12.5 Å². The van der Waals surface area contributed by atoms with Crippen molar-refractivity contribution >= 4 is 29.3 Å². The number of nitrogens with zero attached hydrogens (tertiary/aromatic N) is 3. The number of hydrogen-bond donors (Lipinski definition) is 2. The fourth-order valence-corrected chi connectivity index (χ4v) is 3.40. The van der Waals surface area contributed by atoms with Crippen molar-refractivity contribution in [1.82, 2.24) is 20.6 Å². The van der Waals surface area contributed by atoms with Gasteiger partial charge in [0.25, 0.3) is 0 Å². The highest BCUT2D eigenvalue weighted by Crippen LogP contribution is 2.41. The Morgan fingerprint density at radius 2 is 2.09 bits per heavy atom. The average Bonchev–Trinajstić information content (AvgIpc) is 3.38. The molecule has 1 aromatic heterocycles. The van der Waals surface area contributed by atoms with E-state index < -0.39 is 6.10 Å². The summed E-state index contributed by atoms with van der Waals surface area (Å²) in [6, 6.07) is 12.9. The van der Waals surface area contributed by atoms with E-state index in [0.29, 0.717) is 35.5 Å². The number of fused-ring (bicyclic) bond motifs is 1. The van der Waals surface area contributed by atoms with Crippen LogP contribution >= 0.6 is 11.6 Å². The number of anilines is 1. The maximum atomic E-state index is 12.5. The number of nitrogens with one attached hydrogen (secondary N) is 2. The predicted octanol–water partition coefficient (Wildman–Crippen LogP) is 4.15. The average molecular weight is 470 g/mol. The molecule has 1 atom stereocenters. The standard InChI is InChI=1S/C23H24ClN5O4/c24-13-2-1-3-14-31-17-10-7-16(8-11-17)9-12-21(30)25-18-5-4-6-19-22(18)33-20(15-32-19)23-26-28-29-27-23/h4-12,20H,1-3,13-15H2,(H,25,30)(H,26,27,28,29). The minimum atomic E-state index is -0.522. The van der Waals surface area contributed by atoms with E-state index in [1.807, 2.05) is 24.3 Å². The number of alkyl halides is 1. The van der Waals surface area contributed by atoms with Gasteiger partial charge in [0.1, 0.15) is 12.4 Å². The lowest BCUT2D eigenvalue weighted by Gasteiger charge is -2.26. The molecule has 0 spiro atoms. The van der Waals surface area contributed by atoms with Gasteiger partial charge in [-0.05, 0) is 55.2 Å². The first-order valence-electron chi connectivity index (χ1n) is 10.7. The Balaban J connectivity index is 1.33. The molecular weight excluding hydrogens is 446 g/mol. The number of para-hydroxylation sites is 1. The largest absolute Gasteiger partial charge is 0.494 e. The summed E-state index contributed by atoms with van der Waals surface area (Å²) in [6.45, 7) is 0.909. The quantitative estimate of drug-likeness (QED) is 0.260. The van der Waals surface area contributed by atoms with Crippen LogP contribution in [0.4, 0.5) is 5.69 Å². The van der Waals surface area contributed by atoms with Crippen molar-refractivity contribution in [1.29, 1.82) is 0 Å². The van der Waals surface area contributed by atoms with Gasteiger partial charge in [-0.25, -0.2) is 0 Å². The molecule has 1 aliphatic heterocycles. The summed E-state index contributed by atoms with van der Waals surface area (Å²) < 4.78 is 17.4. The minimum absolute atomic E-state index is 0.247. The van der Waals surface area contributed by atoms with Gasteiger partial charge >= 0.3 is 0 Å². The Labute approximate surface area is 196 Å². The van der Waals surface area contributed by atoms with Gasteiger partial charge in [-0.15, -0.1) is 21.8 Å². The van der Waals surface area contributed by atoms with Gasteiger partial charge in [0.2, 0.25) is 11.7 Å². The highest BCUT2D eigenvalue weighted by molar-refractivity contribution is 6.17. The number of unbranched alkanes of at least 4 members (excludes halogenated alkanes) is 2. The maximum absolute atomic E-state index is 12.5. The van der Waals surface area contributed by atoms with E-state index in [0.717, 1.165) is 30.6 Å². The fraction of sp³-hybridized carbons (Fsp3) is 0.304. The van der Waals surface area contributed by atoms with Crippen LogP contribution in [-0.2, 0) is 4.79 Å². The van der Waals surface area contributed by atoms with Crippen molar-refractivity contribution in [3.8, 4) is 17.2 Å². The second-order valence-corrected chi connectivity index (χ2v) is 7.69. The van der Waals surface area contributed by atoms with Crippen LogP contribution in [0.2, 0.25) is 0 Å². The zero-order valence-corrected chi connectivity index (χ0v) is 18.6. The lowest BCUT2D eigenvalue weighted by atomic mass is 10.2. The molecule has 0 saturated carbocycles. The number of carbonyl (C=O) groups is 1. The van der Waals surface area contributed by atoms with Gasteiger partial charge in [0, 0.05) is 12.0 Å². The first kappa shape index (κ1) is 22.6. The molecule has 172 valence electrons. The molecule has 0 bridgehead atoms. The Bertz CT molecular complexity index is 1070. The van der Waals surface area contributed by atoms with Gasteiger partial charge in [-0.1, -0.05) is 23.4 Å². The van der Waals surface area contributed by atoms with Crippen LogP contribution in [0.5, 0.6) is 17.2 Å². The van der Waals surface area contributed by atoms with Crippen LogP contribution in [0.25, 0.3) is 6.08 Å². The number of aromatic nitrogens is 4. The van der Waals surface area contributed by atoms with Gasteiger partial charge in [0.15, 0.2) is 17.6 Å². The summed E-state index contributed by atoms with van der Waals surface area (Å²) in [6.07, 6.45) is 5.70. The number of rotatable bonds is 10. The molecule has 1 unspecified atom stereocenters. The number of amides is 1. The molecular formula is C23H24ClN5O4. The van der Waals surface area contributed by atoms with Crippen molar-refractivity contribution in [2.45, 2.75) is 25.4 Å². The molecule has 0 aliphatic carbocycles. The lowest BCUT2D eigenvalue weighted by molar-refractivity contribution is -0.111. The van der Waals surface area contributed by atoms with E-state index in [1.165, 1.54) is 6.08 Å². The normalized spacial score (nSPS) is 14.9. The fourth-order valence-electron chi connectivity index (χ4n) is 3.21. The third-order valence-electron chi connectivity index (χ3n) is 4.89. The summed E-state index contributed by atoms with van der Waals surface area (Å²) in [5.74, 6) is 2.52. The van der Waals surface area contributed by atoms with E-state index in [9.17, 15) is 4.79 Å². The third-order valence-corrected chi connectivity index (χ3v) is 5.16. The van der Waals surface area contributed by atoms with E-state index in [4.69, 9.17) is 25.8 Å². The highest BCUT2D eigenvalue weighted by atomic mass is 35.5. The second-order valence-electron chi connectivity index (χ2n) is 7.31. The number of tetrazole rings is 1. The summed E-state index contributed by atoms with van der Waals surface area (Å²) in [5.41, 5.74) is 1.37. The molecule has 1 aliphatic rings. The molecule has 4 rings (SSSR count).